The van der Waals surface area contributed by atoms with Gasteiger partial charge in [0.15, 0.2) is 5.82 Å². The molecule has 0 fully saturated rings. The first-order valence-corrected chi connectivity index (χ1v) is 11.1. The number of halogens is 1. The molecule has 0 aliphatic carbocycles. The zero-order chi connectivity index (χ0) is 22.1. The van der Waals surface area contributed by atoms with Crippen LogP contribution in [0.1, 0.15) is 47.2 Å². The SMILES string of the molecule is COc1cc(/C=C/c2nc3n(n2)CCCC3c2ccc(Cl)cc2)ccc1-n1cnc(C)c1. The molecule has 0 spiro atoms. The molecule has 2 aromatic carbocycles. The van der Waals surface area contributed by atoms with Gasteiger partial charge in [-0.2, -0.15) is 5.10 Å². The third kappa shape index (κ3) is 4.06. The lowest BCUT2D eigenvalue weighted by molar-refractivity contribution is 0.413. The molecule has 0 saturated heterocycles. The van der Waals surface area contributed by atoms with Gasteiger partial charge < -0.3 is 9.30 Å². The van der Waals surface area contributed by atoms with Crippen LogP contribution >= 0.6 is 11.6 Å². The van der Waals surface area contributed by atoms with E-state index in [9.17, 15) is 0 Å². The van der Waals surface area contributed by atoms with Crippen LogP contribution in [0, 0.1) is 6.92 Å². The highest BCUT2D eigenvalue weighted by Gasteiger charge is 2.25. The van der Waals surface area contributed by atoms with Gasteiger partial charge in [-0.05, 0) is 61.2 Å². The van der Waals surface area contributed by atoms with Gasteiger partial charge in [0.1, 0.15) is 11.6 Å². The number of imidazole rings is 1. The minimum absolute atomic E-state index is 0.244. The lowest BCUT2D eigenvalue weighted by atomic mass is 9.91. The van der Waals surface area contributed by atoms with E-state index in [1.807, 2.05) is 58.8 Å². The summed E-state index contributed by atoms with van der Waals surface area (Å²) < 4.78 is 9.61. The van der Waals surface area contributed by atoms with Gasteiger partial charge in [0.05, 0.1) is 24.8 Å². The number of aromatic nitrogens is 5. The first kappa shape index (κ1) is 20.5. The first-order chi connectivity index (χ1) is 15.6. The lowest BCUT2D eigenvalue weighted by Gasteiger charge is -2.22. The van der Waals surface area contributed by atoms with E-state index in [-0.39, 0.29) is 5.92 Å². The second kappa shape index (κ2) is 8.63. The molecule has 0 radical (unpaired) electrons. The highest BCUT2D eigenvalue weighted by Crippen LogP contribution is 2.33. The highest BCUT2D eigenvalue weighted by atomic mass is 35.5. The minimum Gasteiger partial charge on any atom is -0.495 e. The molecule has 0 N–H and O–H groups in total. The van der Waals surface area contributed by atoms with Crippen molar-refractivity contribution in [3.8, 4) is 11.4 Å². The van der Waals surface area contributed by atoms with Gasteiger partial charge in [-0.1, -0.05) is 35.9 Å². The number of fused-ring (bicyclic) bond motifs is 1. The van der Waals surface area contributed by atoms with Crippen LogP contribution in [0.2, 0.25) is 5.02 Å². The van der Waals surface area contributed by atoms with E-state index in [0.29, 0.717) is 5.82 Å². The van der Waals surface area contributed by atoms with Crippen molar-refractivity contribution in [3.63, 3.8) is 0 Å². The minimum atomic E-state index is 0.244. The van der Waals surface area contributed by atoms with E-state index >= 15 is 0 Å². The molecule has 5 rings (SSSR count). The van der Waals surface area contributed by atoms with Crippen molar-refractivity contribution < 1.29 is 4.74 Å². The average Bonchev–Trinajstić information content (AvgIpc) is 3.43. The van der Waals surface area contributed by atoms with Crippen LogP contribution in [0.25, 0.3) is 17.8 Å². The Morgan fingerprint density at radius 2 is 1.97 bits per heavy atom. The van der Waals surface area contributed by atoms with Crippen LogP contribution in [0.4, 0.5) is 0 Å². The van der Waals surface area contributed by atoms with Crippen LogP contribution < -0.4 is 4.74 Å². The maximum atomic E-state index is 6.07. The second-order valence-electron chi connectivity index (χ2n) is 7.98. The Bertz CT molecular complexity index is 1270. The van der Waals surface area contributed by atoms with Gasteiger partial charge in [0.25, 0.3) is 0 Å². The van der Waals surface area contributed by atoms with Gasteiger partial charge >= 0.3 is 0 Å². The second-order valence-corrected chi connectivity index (χ2v) is 8.42. The molecule has 1 aliphatic heterocycles. The number of methoxy groups -OCH3 is 1. The van der Waals surface area contributed by atoms with Crippen LogP contribution in [-0.2, 0) is 6.54 Å². The molecule has 6 nitrogen and oxygen atoms in total. The molecule has 7 heteroatoms. The predicted molar refractivity (Wildman–Crippen MR) is 126 cm³/mol. The maximum absolute atomic E-state index is 6.07. The van der Waals surface area contributed by atoms with Gasteiger partial charge in [-0.3, -0.25) is 0 Å². The summed E-state index contributed by atoms with van der Waals surface area (Å²) in [5.41, 5.74) is 4.16. The molecule has 2 aromatic heterocycles. The zero-order valence-electron chi connectivity index (χ0n) is 18.1. The fourth-order valence-corrected chi connectivity index (χ4v) is 4.31. The number of benzene rings is 2. The van der Waals surface area contributed by atoms with E-state index in [4.69, 9.17) is 26.4 Å². The summed E-state index contributed by atoms with van der Waals surface area (Å²) in [7, 11) is 1.68. The molecule has 0 bridgehead atoms. The molecule has 0 amide bonds. The Morgan fingerprint density at radius 1 is 1.12 bits per heavy atom. The van der Waals surface area contributed by atoms with Gasteiger partial charge in [0, 0.05) is 23.7 Å². The van der Waals surface area contributed by atoms with Crippen molar-refractivity contribution in [3.05, 3.63) is 88.5 Å². The van der Waals surface area contributed by atoms with Crippen molar-refractivity contribution in [1.29, 1.82) is 0 Å². The van der Waals surface area contributed by atoms with E-state index in [1.165, 1.54) is 5.56 Å². The molecule has 3 heterocycles. The molecular weight excluding hydrogens is 422 g/mol. The standard InChI is InChI=1S/C25H24ClN5O/c1-17-15-30(16-27-17)22-11-5-18(14-23(22)32-2)6-12-24-28-25-21(4-3-13-31(25)29-24)19-7-9-20(26)10-8-19/h5-12,14-16,21H,3-4,13H2,1-2H3/b12-6+. The van der Waals surface area contributed by atoms with Crippen LogP contribution in [0.15, 0.2) is 55.0 Å². The summed E-state index contributed by atoms with van der Waals surface area (Å²) in [4.78, 5) is 9.14. The van der Waals surface area contributed by atoms with Crippen molar-refractivity contribution in [2.75, 3.05) is 7.11 Å². The molecule has 0 saturated carbocycles. The zero-order valence-corrected chi connectivity index (χ0v) is 18.8. The molecule has 4 aromatic rings. The highest BCUT2D eigenvalue weighted by molar-refractivity contribution is 6.30. The van der Waals surface area contributed by atoms with Gasteiger partial charge in [-0.25, -0.2) is 14.6 Å². The summed E-state index contributed by atoms with van der Waals surface area (Å²) in [6.45, 7) is 2.86. The smallest absolute Gasteiger partial charge is 0.174 e. The Labute approximate surface area is 192 Å². The Morgan fingerprint density at radius 3 is 2.72 bits per heavy atom. The Hall–Kier alpha value is -3.38. The molecule has 162 valence electrons. The molecular formula is C25H24ClN5O. The lowest BCUT2D eigenvalue weighted by Crippen LogP contribution is -2.17. The van der Waals surface area contributed by atoms with Crippen LogP contribution in [0.3, 0.4) is 0 Å². The maximum Gasteiger partial charge on any atom is 0.174 e. The average molecular weight is 446 g/mol. The van der Waals surface area contributed by atoms with E-state index in [0.717, 1.165) is 52.9 Å². The quantitative estimate of drug-likeness (QED) is 0.405. The summed E-state index contributed by atoms with van der Waals surface area (Å²) in [6.07, 6.45) is 9.89. The normalized spacial score (nSPS) is 15.8. The Kier molecular flexibility index (Phi) is 5.53. The predicted octanol–water partition coefficient (Wildman–Crippen LogP) is 5.53. The molecule has 1 atom stereocenters. The van der Waals surface area contributed by atoms with E-state index in [2.05, 4.69) is 23.2 Å². The summed E-state index contributed by atoms with van der Waals surface area (Å²) in [6, 6.07) is 14.1. The molecule has 32 heavy (non-hydrogen) atoms. The monoisotopic (exact) mass is 445 g/mol. The molecule has 1 aliphatic rings. The van der Waals surface area contributed by atoms with Crippen molar-refractivity contribution in [2.45, 2.75) is 32.2 Å². The number of aryl methyl sites for hydroxylation is 2. The fourth-order valence-electron chi connectivity index (χ4n) is 4.19. The van der Waals surface area contributed by atoms with Gasteiger partial charge in [0.2, 0.25) is 0 Å². The first-order valence-electron chi connectivity index (χ1n) is 10.7. The summed E-state index contributed by atoms with van der Waals surface area (Å²) in [5, 5.41) is 5.47. The number of hydrogen-bond donors (Lipinski definition) is 0. The number of rotatable bonds is 5. The van der Waals surface area contributed by atoms with Crippen LogP contribution in [-0.4, -0.2) is 31.4 Å². The van der Waals surface area contributed by atoms with Crippen molar-refractivity contribution in [1.82, 2.24) is 24.3 Å². The third-order valence-corrected chi connectivity index (χ3v) is 6.03. The largest absolute Gasteiger partial charge is 0.495 e. The van der Waals surface area contributed by atoms with Crippen LogP contribution in [0.5, 0.6) is 5.75 Å². The topological polar surface area (TPSA) is 57.8 Å². The summed E-state index contributed by atoms with van der Waals surface area (Å²) in [5.74, 6) is 2.76. The number of ether oxygens (including phenoxy) is 1. The molecule has 1 unspecified atom stereocenters. The van der Waals surface area contributed by atoms with Crippen molar-refractivity contribution >= 4 is 23.8 Å². The van der Waals surface area contributed by atoms with E-state index in [1.54, 1.807) is 13.4 Å². The fraction of sp³-hybridized carbons (Fsp3) is 0.240. The number of nitrogens with zero attached hydrogens (tertiary/aromatic N) is 5. The number of hydrogen-bond acceptors (Lipinski definition) is 4. The van der Waals surface area contributed by atoms with Crippen molar-refractivity contribution in [2.24, 2.45) is 0 Å². The Balaban J connectivity index is 1.40. The third-order valence-electron chi connectivity index (χ3n) is 5.78. The summed E-state index contributed by atoms with van der Waals surface area (Å²) >= 11 is 6.07. The van der Waals surface area contributed by atoms with Gasteiger partial charge in [-0.15, -0.1) is 0 Å². The van der Waals surface area contributed by atoms with E-state index < -0.39 is 0 Å².